The summed E-state index contributed by atoms with van der Waals surface area (Å²) in [7, 11) is 0. The molecule has 0 unspecified atom stereocenters. The van der Waals surface area contributed by atoms with Crippen molar-refractivity contribution in [1.29, 1.82) is 0 Å². The highest BCUT2D eigenvalue weighted by Crippen LogP contribution is 2.28. The lowest BCUT2D eigenvalue weighted by Gasteiger charge is -2.32. The van der Waals surface area contributed by atoms with Gasteiger partial charge in [0.15, 0.2) is 0 Å². The molecule has 104 valence electrons. The molecule has 1 amide bonds. The molecule has 1 aromatic carbocycles. The molecular weight excluding hydrogens is 234 g/mol. The van der Waals surface area contributed by atoms with Gasteiger partial charge < -0.3 is 4.90 Å². The Balaban J connectivity index is 1.77. The molecule has 0 aliphatic carbocycles. The summed E-state index contributed by atoms with van der Waals surface area (Å²) < 4.78 is 0. The van der Waals surface area contributed by atoms with Gasteiger partial charge in [0, 0.05) is 19.5 Å². The molecule has 2 rings (SSSR count). The van der Waals surface area contributed by atoms with Crippen molar-refractivity contribution in [2.75, 3.05) is 13.1 Å². The number of hydrogen-bond acceptors (Lipinski definition) is 1. The van der Waals surface area contributed by atoms with E-state index in [0.29, 0.717) is 11.8 Å². The van der Waals surface area contributed by atoms with Crippen LogP contribution in [0.15, 0.2) is 30.3 Å². The van der Waals surface area contributed by atoms with Crippen LogP contribution in [0.5, 0.6) is 0 Å². The molecule has 0 radical (unpaired) electrons. The van der Waals surface area contributed by atoms with Gasteiger partial charge in [-0.15, -0.1) is 0 Å². The highest BCUT2D eigenvalue weighted by atomic mass is 16.2. The van der Waals surface area contributed by atoms with Crippen molar-refractivity contribution in [2.45, 2.75) is 51.4 Å². The van der Waals surface area contributed by atoms with Crippen molar-refractivity contribution in [3.05, 3.63) is 35.9 Å². The highest BCUT2D eigenvalue weighted by Gasteiger charge is 2.23. The largest absolute Gasteiger partial charge is 0.343 e. The van der Waals surface area contributed by atoms with Crippen molar-refractivity contribution < 1.29 is 4.79 Å². The van der Waals surface area contributed by atoms with Crippen molar-refractivity contribution in [2.24, 2.45) is 0 Å². The second kappa shape index (κ2) is 7.32. The van der Waals surface area contributed by atoms with Crippen LogP contribution in [0, 0.1) is 0 Å². The van der Waals surface area contributed by atoms with Crippen LogP contribution in [0.1, 0.15) is 56.9 Å². The van der Waals surface area contributed by atoms with E-state index >= 15 is 0 Å². The van der Waals surface area contributed by atoms with E-state index in [2.05, 4.69) is 42.2 Å². The average molecular weight is 259 g/mol. The first-order valence-corrected chi connectivity index (χ1v) is 7.64. The molecule has 0 atom stereocenters. The predicted octanol–water partition coefficient (Wildman–Crippen LogP) is 3.97. The topological polar surface area (TPSA) is 20.3 Å². The van der Waals surface area contributed by atoms with Gasteiger partial charge in [0.2, 0.25) is 5.91 Å². The van der Waals surface area contributed by atoms with Crippen molar-refractivity contribution in [1.82, 2.24) is 4.90 Å². The van der Waals surface area contributed by atoms with Crippen LogP contribution in [-0.2, 0) is 4.79 Å². The second-order valence-corrected chi connectivity index (χ2v) is 5.52. The smallest absolute Gasteiger partial charge is 0.222 e. The van der Waals surface area contributed by atoms with Crippen LogP contribution in [0.25, 0.3) is 0 Å². The van der Waals surface area contributed by atoms with Crippen LogP contribution in [0.2, 0.25) is 0 Å². The lowest BCUT2D eigenvalue weighted by molar-refractivity contribution is -0.132. The lowest BCUT2D eigenvalue weighted by atomic mass is 9.89. The standard InChI is InChI=1S/C17H25NO/c1-2-3-5-10-17(19)18-13-11-16(12-14-18)15-8-6-4-7-9-15/h4,6-9,16H,2-3,5,10-14H2,1H3. The maximum Gasteiger partial charge on any atom is 0.222 e. The third-order valence-corrected chi connectivity index (χ3v) is 4.11. The quantitative estimate of drug-likeness (QED) is 0.733. The van der Waals surface area contributed by atoms with Crippen LogP contribution < -0.4 is 0 Å². The van der Waals surface area contributed by atoms with Crippen LogP contribution in [-0.4, -0.2) is 23.9 Å². The van der Waals surface area contributed by atoms with Gasteiger partial charge in [-0.05, 0) is 30.7 Å². The Morgan fingerprint density at radius 3 is 2.47 bits per heavy atom. The summed E-state index contributed by atoms with van der Waals surface area (Å²) in [5.41, 5.74) is 1.43. The minimum Gasteiger partial charge on any atom is -0.343 e. The summed E-state index contributed by atoms with van der Waals surface area (Å²) >= 11 is 0. The van der Waals surface area contributed by atoms with Gasteiger partial charge >= 0.3 is 0 Å². The number of hydrogen-bond donors (Lipinski definition) is 0. The Kier molecular flexibility index (Phi) is 5.44. The average Bonchev–Trinajstić information content (AvgIpc) is 2.48. The molecule has 1 saturated heterocycles. The summed E-state index contributed by atoms with van der Waals surface area (Å²) in [5.74, 6) is 1.00. The Labute approximate surface area is 116 Å². The minimum atomic E-state index is 0.361. The summed E-state index contributed by atoms with van der Waals surface area (Å²) in [4.78, 5) is 14.1. The molecule has 2 nitrogen and oxygen atoms in total. The van der Waals surface area contributed by atoms with E-state index < -0.39 is 0 Å². The van der Waals surface area contributed by atoms with Gasteiger partial charge in [0.1, 0.15) is 0 Å². The van der Waals surface area contributed by atoms with E-state index in [1.807, 2.05) is 0 Å². The number of carbonyl (C=O) groups is 1. The summed E-state index contributed by atoms with van der Waals surface area (Å²) in [6.45, 7) is 4.05. The fourth-order valence-corrected chi connectivity index (χ4v) is 2.87. The van der Waals surface area contributed by atoms with E-state index in [1.165, 1.54) is 18.4 Å². The van der Waals surface area contributed by atoms with E-state index in [9.17, 15) is 4.79 Å². The van der Waals surface area contributed by atoms with Crippen molar-refractivity contribution >= 4 is 5.91 Å². The molecule has 1 aromatic rings. The van der Waals surface area contributed by atoms with Crippen LogP contribution >= 0.6 is 0 Å². The fourth-order valence-electron chi connectivity index (χ4n) is 2.87. The van der Waals surface area contributed by atoms with E-state index in [0.717, 1.165) is 38.8 Å². The predicted molar refractivity (Wildman–Crippen MR) is 79.1 cm³/mol. The number of piperidine rings is 1. The highest BCUT2D eigenvalue weighted by molar-refractivity contribution is 5.76. The molecular formula is C17H25NO. The molecule has 2 heteroatoms. The maximum atomic E-state index is 12.0. The van der Waals surface area contributed by atoms with Gasteiger partial charge in [0.05, 0.1) is 0 Å². The van der Waals surface area contributed by atoms with Gasteiger partial charge in [-0.2, -0.15) is 0 Å². The lowest BCUT2D eigenvalue weighted by Crippen LogP contribution is -2.37. The summed E-state index contributed by atoms with van der Waals surface area (Å²) in [6, 6.07) is 10.7. The molecule has 1 aliphatic heterocycles. The summed E-state index contributed by atoms with van der Waals surface area (Å²) in [5, 5.41) is 0. The zero-order valence-corrected chi connectivity index (χ0v) is 12.0. The number of nitrogens with zero attached hydrogens (tertiary/aromatic N) is 1. The molecule has 1 fully saturated rings. The van der Waals surface area contributed by atoms with Gasteiger partial charge in [-0.3, -0.25) is 4.79 Å². The van der Waals surface area contributed by atoms with Gasteiger partial charge in [-0.1, -0.05) is 50.1 Å². The van der Waals surface area contributed by atoms with E-state index in [4.69, 9.17) is 0 Å². The zero-order valence-electron chi connectivity index (χ0n) is 12.0. The molecule has 1 aliphatic rings. The third-order valence-electron chi connectivity index (χ3n) is 4.11. The van der Waals surface area contributed by atoms with Crippen LogP contribution in [0.4, 0.5) is 0 Å². The number of unbranched alkanes of at least 4 members (excludes halogenated alkanes) is 2. The fraction of sp³-hybridized carbons (Fsp3) is 0.588. The van der Waals surface area contributed by atoms with Crippen molar-refractivity contribution in [3.8, 4) is 0 Å². The van der Waals surface area contributed by atoms with Crippen molar-refractivity contribution in [3.63, 3.8) is 0 Å². The van der Waals surface area contributed by atoms with E-state index in [1.54, 1.807) is 0 Å². The Hall–Kier alpha value is -1.31. The normalized spacial score (nSPS) is 16.6. The monoisotopic (exact) mass is 259 g/mol. The number of rotatable bonds is 5. The molecule has 0 saturated carbocycles. The second-order valence-electron chi connectivity index (χ2n) is 5.52. The molecule has 0 spiro atoms. The summed E-state index contributed by atoms with van der Waals surface area (Å²) in [6.07, 6.45) is 6.38. The first-order chi connectivity index (χ1) is 9.31. The Morgan fingerprint density at radius 1 is 1.16 bits per heavy atom. The Bertz CT molecular complexity index is 380. The van der Waals surface area contributed by atoms with Crippen LogP contribution in [0.3, 0.4) is 0 Å². The Morgan fingerprint density at radius 2 is 1.84 bits per heavy atom. The number of amides is 1. The van der Waals surface area contributed by atoms with E-state index in [-0.39, 0.29) is 0 Å². The molecule has 0 N–H and O–H groups in total. The zero-order chi connectivity index (χ0) is 13.5. The number of benzene rings is 1. The third kappa shape index (κ3) is 4.09. The molecule has 0 bridgehead atoms. The van der Waals surface area contributed by atoms with Gasteiger partial charge in [-0.25, -0.2) is 0 Å². The first-order valence-electron chi connectivity index (χ1n) is 7.64. The molecule has 0 aromatic heterocycles. The minimum absolute atomic E-state index is 0.361. The SMILES string of the molecule is CCCCCC(=O)N1CCC(c2ccccc2)CC1. The number of likely N-dealkylation sites (tertiary alicyclic amines) is 1. The first kappa shape index (κ1) is 14.1. The number of carbonyl (C=O) groups excluding carboxylic acids is 1. The molecule has 1 heterocycles. The van der Waals surface area contributed by atoms with Gasteiger partial charge in [0.25, 0.3) is 0 Å². The molecule has 19 heavy (non-hydrogen) atoms. The maximum absolute atomic E-state index is 12.0.